The minimum Gasteiger partial charge on any atom is -0.452 e. The van der Waals surface area contributed by atoms with Crippen LogP contribution >= 0.6 is 0 Å². The number of urea groups is 1. The number of benzene rings is 2. The van der Waals surface area contributed by atoms with E-state index in [-0.39, 0.29) is 24.3 Å². The maximum atomic E-state index is 13.3. The highest BCUT2D eigenvalue weighted by Crippen LogP contribution is 2.17. The molecule has 0 radical (unpaired) electrons. The lowest BCUT2D eigenvalue weighted by atomic mass is 10.1. The molecule has 0 spiro atoms. The number of carbonyl (C=O) groups is 4. The van der Waals surface area contributed by atoms with Crippen molar-refractivity contribution in [2.45, 2.75) is 13.5 Å². The molecule has 1 fully saturated rings. The predicted molar refractivity (Wildman–Crippen MR) is 100 cm³/mol. The number of nitrogens with one attached hydrogen (secondary N) is 2. The first kappa shape index (κ1) is 20.0. The number of carbonyl (C=O) groups excluding carboxylic acids is 4. The van der Waals surface area contributed by atoms with Crippen LogP contribution in [-0.4, -0.2) is 41.9 Å². The number of hydrogen-bond donors (Lipinski definition) is 2. The molecule has 1 saturated heterocycles. The van der Waals surface area contributed by atoms with Gasteiger partial charge >= 0.3 is 12.0 Å². The van der Waals surface area contributed by atoms with Gasteiger partial charge in [-0.2, -0.15) is 0 Å². The molecule has 2 aromatic carbocycles. The molecule has 0 saturated carbocycles. The van der Waals surface area contributed by atoms with Gasteiger partial charge in [-0.05, 0) is 36.2 Å². The zero-order valence-electron chi connectivity index (χ0n) is 15.5. The minimum absolute atomic E-state index is 0.0921. The second-order valence-corrected chi connectivity index (χ2v) is 6.38. The van der Waals surface area contributed by atoms with E-state index in [1.54, 1.807) is 25.1 Å². The Hall–Kier alpha value is -3.75. The van der Waals surface area contributed by atoms with Crippen LogP contribution in [-0.2, 0) is 20.9 Å². The number of rotatable bonds is 6. The van der Waals surface area contributed by atoms with Gasteiger partial charge in [-0.15, -0.1) is 0 Å². The predicted octanol–water partition coefficient (Wildman–Crippen LogP) is 1.98. The van der Waals surface area contributed by atoms with Gasteiger partial charge < -0.3 is 15.4 Å². The molecule has 3 rings (SSSR count). The van der Waals surface area contributed by atoms with Crippen LogP contribution in [0.25, 0.3) is 0 Å². The van der Waals surface area contributed by atoms with Gasteiger partial charge in [-0.3, -0.25) is 14.5 Å². The van der Waals surface area contributed by atoms with Crippen molar-refractivity contribution in [2.75, 3.05) is 18.5 Å². The molecule has 150 valence electrons. The highest BCUT2D eigenvalue weighted by molar-refractivity contribution is 6.02. The van der Waals surface area contributed by atoms with Crippen molar-refractivity contribution in [3.63, 3.8) is 0 Å². The maximum absolute atomic E-state index is 13.3. The lowest BCUT2D eigenvalue weighted by molar-refractivity contribution is -0.125. The summed E-state index contributed by atoms with van der Waals surface area (Å²) in [4.78, 5) is 48.9. The van der Waals surface area contributed by atoms with Crippen molar-refractivity contribution >= 4 is 29.5 Å². The fourth-order valence-corrected chi connectivity index (χ4v) is 2.77. The largest absolute Gasteiger partial charge is 0.452 e. The smallest absolute Gasteiger partial charge is 0.338 e. The zero-order valence-corrected chi connectivity index (χ0v) is 15.5. The number of halogens is 1. The molecule has 0 atom stereocenters. The highest BCUT2D eigenvalue weighted by atomic mass is 19.1. The van der Waals surface area contributed by atoms with Gasteiger partial charge in [0, 0.05) is 5.69 Å². The van der Waals surface area contributed by atoms with Gasteiger partial charge in [-0.1, -0.05) is 24.3 Å². The monoisotopic (exact) mass is 399 g/mol. The number of hydrogen-bond acceptors (Lipinski definition) is 5. The van der Waals surface area contributed by atoms with Crippen LogP contribution in [0.5, 0.6) is 0 Å². The van der Waals surface area contributed by atoms with E-state index in [1.807, 2.05) is 0 Å². The molecule has 4 amide bonds. The molecule has 0 aromatic heterocycles. The Bertz CT molecular complexity index is 976. The third-order valence-electron chi connectivity index (χ3n) is 4.31. The van der Waals surface area contributed by atoms with Crippen LogP contribution in [0, 0.1) is 12.7 Å². The van der Waals surface area contributed by atoms with Crippen molar-refractivity contribution in [1.82, 2.24) is 10.2 Å². The van der Waals surface area contributed by atoms with Gasteiger partial charge in [0.2, 0.25) is 5.91 Å². The number of anilines is 1. The molecular weight excluding hydrogens is 381 g/mol. The van der Waals surface area contributed by atoms with Crippen molar-refractivity contribution in [1.29, 1.82) is 0 Å². The maximum Gasteiger partial charge on any atom is 0.338 e. The number of aryl methyl sites for hydroxylation is 1. The van der Waals surface area contributed by atoms with E-state index in [0.29, 0.717) is 11.1 Å². The van der Waals surface area contributed by atoms with Crippen LogP contribution in [0.1, 0.15) is 21.5 Å². The van der Waals surface area contributed by atoms with E-state index in [4.69, 9.17) is 4.74 Å². The van der Waals surface area contributed by atoms with Crippen LogP contribution in [0.4, 0.5) is 14.9 Å². The average molecular weight is 399 g/mol. The molecule has 0 unspecified atom stereocenters. The van der Waals surface area contributed by atoms with E-state index >= 15 is 0 Å². The molecule has 8 nitrogen and oxygen atoms in total. The van der Waals surface area contributed by atoms with Gasteiger partial charge in [0.05, 0.1) is 18.7 Å². The Morgan fingerprint density at radius 3 is 2.69 bits per heavy atom. The molecule has 9 heteroatoms. The van der Waals surface area contributed by atoms with Crippen LogP contribution < -0.4 is 10.6 Å². The summed E-state index contributed by atoms with van der Waals surface area (Å²) in [5.74, 6) is -2.31. The second-order valence-electron chi connectivity index (χ2n) is 6.38. The Morgan fingerprint density at radius 1 is 1.21 bits per heavy atom. The Labute approximate surface area is 165 Å². The molecular formula is C20H18FN3O5. The Morgan fingerprint density at radius 2 is 1.97 bits per heavy atom. The summed E-state index contributed by atoms with van der Waals surface area (Å²) >= 11 is 0. The third kappa shape index (κ3) is 4.75. The van der Waals surface area contributed by atoms with Crippen LogP contribution in [0.15, 0.2) is 42.5 Å². The average Bonchev–Trinajstić information content (AvgIpc) is 3.01. The standard InChI is InChI=1S/C20H18FN3O5/c1-12-6-7-14(21)8-16(12)23-17(25)11-29-19(27)15-5-3-2-4-13(15)10-24-18(26)9-22-20(24)28/h2-8H,9-11H2,1H3,(H,22,28)(H,23,25). The Kier molecular flexibility index (Phi) is 5.87. The normalized spacial score (nSPS) is 13.2. The fraction of sp³-hybridized carbons (Fsp3) is 0.200. The van der Waals surface area contributed by atoms with Crippen LogP contribution in [0.2, 0.25) is 0 Å². The molecule has 0 aliphatic carbocycles. The quantitative estimate of drug-likeness (QED) is 0.571. The summed E-state index contributed by atoms with van der Waals surface area (Å²) < 4.78 is 18.3. The number of ether oxygens (including phenoxy) is 1. The highest BCUT2D eigenvalue weighted by Gasteiger charge is 2.29. The third-order valence-corrected chi connectivity index (χ3v) is 4.31. The first-order valence-corrected chi connectivity index (χ1v) is 8.74. The van der Waals surface area contributed by atoms with Crippen molar-refractivity contribution < 1.29 is 28.3 Å². The number of imide groups is 1. The van der Waals surface area contributed by atoms with Crippen molar-refractivity contribution in [3.8, 4) is 0 Å². The molecule has 2 aromatic rings. The molecule has 1 aliphatic heterocycles. The first-order chi connectivity index (χ1) is 13.8. The van der Waals surface area contributed by atoms with E-state index in [0.717, 1.165) is 4.90 Å². The van der Waals surface area contributed by atoms with E-state index < -0.39 is 36.2 Å². The van der Waals surface area contributed by atoms with Crippen molar-refractivity contribution in [3.05, 3.63) is 65.0 Å². The molecule has 0 bridgehead atoms. The summed E-state index contributed by atoms with van der Waals surface area (Å²) in [6.45, 7) is 0.940. The van der Waals surface area contributed by atoms with Gasteiger partial charge in [0.15, 0.2) is 6.61 Å². The fourth-order valence-electron chi connectivity index (χ4n) is 2.77. The summed E-state index contributed by atoms with van der Waals surface area (Å²) in [7, 11) is 0. The second kappa shape index (κ2) is 8.51. The molecule has 29 heavy (non-hydrogen) atoms. The number of amides is 4. The lowest BCUT2D eigenvalue weighted by Crippen LogP contribution is -2.31. The number of nitrogens with zero attached hydrogens (tertiary/aromatic N) is 1. The first-order valence-electron chi connectivity index (χ1n) is 8.74. The SMILES string of the molecule is Cc1ccc(F)cc1NC(=O)COC(=O)c1ccccc1CN1C(=O)CNC1=O. The topological polar surface area (TPSA) is 105 Å². The Balaban J connectivity index is 1.63. The van der Waals surface area contributed by atoms with Gasteiger partial charge in [0.1, 0.15) is 5.82 Å². The molecule has 2 N–H and O–H groups in total. The summed E-state index contributed by atoms with van der Waals surface area (Å²) in [6.07, 6.45) is 0. The lowest BCUT2D eigenvalue weighted by Gasteiger charge is -2.15. The summed E-state index contributed by atoms with van der Waals surface area (Å²) in [5, 5.41) is 4.88. The van der Waals surface area contributed by atoms with Crippen molar-refractivity contribution in [2.24, 2.45) is 0 Å². The van der Waals surface area contributed by atoms with Gasteiger partial charge in [0.25, 0.3) is 5.91 Å². The number of esters is 1. The molecule has 1 aliphatic rings. The van der Waals surface area contributed by atoms with E-state index in [2.05, 4.69) is 10.6 Å². The molecule has 1 heterocycles. The summed E-state index contributed by atoms with van der Waals surface area (Å²) in [6, 6.07) is 9.74. The van der Waals surface area contributed by atoms with Crippen LogP contribution in [0.3, 0.4) is 0 Å². The van der Waals surface area contributed by atoms with E-state index in [1.165, 1.54) is 24.3 Å². The summed E-state index contributed by atoms with van der Waals surface area (Å²) in [5.41, 5.74) is 1.48. The van der Waals surface area contributed by atoms with Gasteiger partial charge in [-0.25, -0.2) is 14.0 Å². The zero-order chi connectivity index (χ0) is 21.0. The minimum atomic E-state index is -0.779. The van der Waals surface area contributed by atoms with E-state index in [9.17, 15) is 23.6 Å².